The summed E-state index contributed by atoms with van der Waals surface area (Å²) in [6.45, 7) is 25.5. The van der Waals surface area contributed by atoms with Gasteiger partial charge in [-0.05, 0) is 114 Å². The van der Waals surface area contributed by atoms with Crippen molar-refractivity contribution in [2.24, 2.45) is 10.8 Å². The van der Waals surface area contributed by atoms with Crippen LogP contribution in [0.3, 0.4) is 0 Å². The summed E-state index contributed by atoms with van der Waals surface area (Å²) in [6.07, 6.45) is 31.6. The molecule has 0 spiro atoms. The number of carbonyl (C=O) groups is 4. The number of ketones is 2. The third-order valence-electron chi connectivity index (χ3n) is 11.4. The molecule has 1 fully saturated rings. The van der Waals surface area contributed by atoms with Crippen LogP contribution in [0.25, 0.3) is 0 Å². The molecular weight excluding hydrogens is 749 g/mol. The quantitative estimate of drug-likeness (QED) is 0.110. The van der Waals surface area contributed by atoms with E-state index in [4.69, 9.17) is 9.47 Å². The Morgan fingerprint density at radius 3 is 1.62 bits per heavy atom. The summed E-state index contributed by atoms with van der Waals surface area (Å²) >= 11 is 0. The number of carbonyl (C=O) groups excluding carboxylic acids is 4. The number of rotatable bonds is 17. The van der Waals surface area contributed by atoms with Crippen molar-refractivity contribution in [3.05, 3.63) is 130 Å². The molecule has 0 bridgehead atoms. The van der Waals surface area contributed by atoms with Crippen LogP contribution in [-0.2, 0) is 28.7 Å². The number of hydrogen-bond donors (Lipinski definition) is 2. The van der Waals surface area contributed by atoms with Gasteiger partial charge in [-0.25, -0.2) is 0 Å². The molecule has 0 radical (unpaired) electrons. The van der Waals surface area contributed by atoms with Gasteiger partial charge in [0.2, 0.25) is 0 Å². The Hall–Kier alpha value is -4.66. The lowest BCUT2D eigenvalue weighted by Crippen LogP contribution is -2.46. The molecule has 0 aromatic carbocycles. The Labute approximate surface area is 361 Å². The fourth-order valence-electron chi connectivity index (χ4n) is 7.72. The smallest absolute Gasteiger partial charge is 0.323 e. The molecule has 1 heterocycles. The number of Topliss-reactive ketones (excluding diaryl/α,β-unsaturated/α-hetero) is 2. The van der Waals surface area contributed by atoms with E-state index < -0.39 is 24.2 Å². The molecule has 2 aliphatic carbocycles. The topological polar surface area (TPSA) is 111 Å². The largest absolute Gasteiger partial charge is 0.453 e. The van der Waals surface area contributed by atoms with Crippen molar-refractivity contribution in [1.82, 2.24) is 10.6 Å². The summed E-state index contributed by atoms with van der Waals surface area (Å²) in [6, 6.07) is -0.776. The molecule has 60 heavy (non-hydrogen) atoms. The van der Waals surface area contributed by atoms with E-state index in [-0.39, 0.29) is 34.4 Å². The van der Waals surface area contributed by atoms with Crippen molar-refractivity contribution in [2.75, 3.05) is 13.1 Å². The fraction of sp³-hybridized carbons (Fsp3) is 0.500. The Balaban J connectivity index is 1.53. The second kappa shape index (κ2) is 23.4. The third kappa shape index (κ3) is 15.1. The lowest BCUT2D eigenvalue weighted by molar-refractivity contribution is -0.158. The summed E-state index contributed by atoms with van der Waals surface area (Å²) in [5, 5.41) is 6.35. The standard InChI is InChI=1S/C52H72N2O6/c1-13-31-53-41(8)49(57)59-45-33-51(9,10)42(39(6)47(45)55)29-27-37(4)24-18-22-35(2)20-14-15-21-36(3)23-19-25-38(5)28-30-43-40(7)48(56)46(34-52(43,11)12)60-50(58)44-26-16-17-32-54-44/h14-15,18-25,27-30,41,44-46,53-54H,13,16-17,26,31-34H2,1-12H3/b15-14+,22-18+,23-19+,29-27+,30-28+,35-20+,36-21+,37-24+,38-25+. The molecule has 2 N–H and O–H groups in total. The van der Waals surface area contributed by atoms with Crippen molar-refractivity contribution in [3.8, 4) is 0 Å². The number of ether oxygens (including phenoxy) is 2. The van der Waals surface area contributed by atoms with Crippen molar-refractivity contribution in [3.63, 3.8) is 0 Å². The van der Waals surface area contributed by atoms with Gasteiger partial charge in [0.05, 0.1) is 0 Å². The van der Waals surface area contributed by atoms with Crippen LogP contribution in [0.15, 0.2) is 130 Å². The normalized spacial score (nSPS) is 24.2. The van der Waals surface area contributed by atoms with E-state index in [0.717, 1.165) is 65.7 Å². The predicted molar refractivity (Wildman–Crippen MR) is 246 cm³/mol. The first kappa shape index (κ1) is 49.7. The highest BCUT2D eigenvalue weighted by atomic mass is 16.6. The minimum atomic E-state index is -0.770. The molecule has 0 amide bonds. The zero-order valence-electron chi connectivity index (χ0n) is 38.5. The van der Waals surface area contributed by atoms with E-state index in [2.05, 4.69) is 76.5 Å². The van der Waals surface area contributed by atoms with Gasteiger partial charge in [-0.1, -0.05) is 148 Å². The van der Waals surface area contributed by atoms with Crippen LogP contribution in [0, 0.1) is 10.8 Å². The Morgan fingerprint density at radius 2 is 1.17 bits per heavy atom. The molecule has 4 unspecified atom stereocenters. The first-order chi connectivity index (χ1) is 28.3. The number of piperidine rings is 1. The zero-order chi connectivity index (χ0) is 44.6. The van der Waals surface area contributed by atoms with E-state index in [9.17, 15) is 19.2 Å². The van der Waals surface area contributed by atoms with Crippen LogP contribution < -0.4 is 10.6 Å². The van der Waals surface area contributed by atoms with Crippen LogP contribution in [-0.4, -0.2) is 60.9 Å². The molecule has 0 aromatic rings. The number of nitrogens with one attached hydrogen (secondary N) is 2. The van der Waals surface area contributed by atoms with Crippen molar-refractivity contribution in [1.29, 1.82) is 0 Å². The van der Waals surface area contributed by atoms with Crippen molar-refractivity contribution >= 4 is 23.5 Å². The molecule has 8 heteroatoms. The molecule has 0 aromatic heterocycles. The lowest BCUT2D eigenvalue weighted by atomic mass is 9.71. The summed E-state index contributed by atoms with van der Waals surface area (Å²) in [5.41, 5.74) is 6.89. The summed E-state index contributed by atoms with van der Waals surface area (Å²) in [5.74, 6) is -0.949. The van der Waals surface area contributed by atoms with Gasteiger partial charge in [0.1, 0.15) is 12.1 Å². The SMILES string of the molecule is CCCNC(C)C(=O)OC1CC(C)(C)C(/C=C/C(C)=C/C=C/C(C)=C/C=C/C=C(C)/C=C/C=C(C)/C=C/C2=C(C)C(=O)C(OC(=O)C3CCCCN3)CC2(C)C)=C(C)C1=O. The highest BCUT2D eigenvalue weighted by Gasteiger charge is 2.42. The van der Waals surface area contributed by atoms with E-state index in [1.807, 2.05) is 95.4 Å². The van der Waals surface area contributed by atoms with E-state index in [1.54, 1.807) is 6.92 Å². The maximum absolute atomic E-state index is 13.2. The molecule has 3 rings (SSSR count). The number of hydrogen-bond acceptors (Lipinski definition) is 8. The first-order valence-electron chi connectivity index (χ1n) is 21.7. The second-order valence-corrected chi connectivity index (χ2v) is 17.9. The van der Waals surface area contributed by atoms with E-state index >= 15 is 0 Å². The van der Waals surface area contributed by atoms with Gasteiger partial charge in [-0.2, -0.15) is 0 Å². The molecular formula is C52H72N2O6. The van der Waals surface area contributed by atoms with Gasteiger partial charge in [-0.3, -0.25) is 19.2 Å². The van der Waals surface area contributed by atoms with Crippen LogP contribution in [0.4, 0.5) is 0 Å². The highest BCUT2D eigenvalue weighted by molar-refractivity contribution is 6.02. The Kier molecular flexibility index (Phi) is 19.4. The third-order valence-corrected chi connectivity index (χ3v) is 11.4. The number of allylic oxidation sites excluding steroid dienone is 20. The molecule has 3 aliphatic rings. The van der Waals surface area contributed by atoms with Gasteiger partial charge in [-0.15, -0.1) is 0 Å². The summed E-state index contributed by atoms with van der Waals surface area (Å²) in [4.78, 5) is 51.8. The fourth-order valence-corrected chi connectivity index (χ4v) is 7.72. The molecule has 8 nitrogen and oxygen atoms in total. The predicted octanol–water partition coefficient (Wildman–Crippen LogP) is 10.5. The van der Waals surface area contributed by atoms with Crippen LogP contribution in [0.5, 0.6) is 0 Å². The summed E-state index contributed by atoms with van der Waals surface area (Å²) < 4.78 is 11.4. The lowest BCUT2D eigenvalue weighted by Gasteiger charge is -2.37. The second-order valence-electron chi connectivity index (χ2n) is 17.9. The van der Waals surface area contributed by atoms with Crippen LogP contribution in [0.2, 0.25) is 0 Å². The Morgan fingerprint density at radius 1 is 0.717 bits per heavy atom. The highest BCUT2D eigenvalue weighted by Crippen LogP contribution is 2.42. The maximum atomic E-state index is 13.2. The molecule has 0 saturated carbocycles. The van der Waals surface area contributed by atoms with Gasteiger partial charge < -0.3 is 20.1 Å². The zero-order valence-corrected chi connectivity index (χ0v) is 38.5. The van der Waals surface area contributed by atoms with Crippen molar-refractivity contribution in [2.45, 2.75) is 146 Å². The minimum Gasteiger partial charge on any atom is -0.453 e. The van der Waals surface area contributed by atoms with Crippen LogP contribution >= 0.6 is 0 Å². The van der Waals surface area contributed by atoms with Gasteiger partial charge >= 0.3 is 11.9 Å². The molecule has 326 valence electrons. The molecule has 1 saturated heterocycles. The Bertz CT molecular complexity index is 1930. The molecule has 4 atom stereocenters. The average molecular weight is 821 g/mol. The monoisotopic (exact) mass is 821 g/mol. The number of esters is 2. The maximum Gasteiger partial charge on any atom is 0.323 e. The summed E-state index contributed by atoms with van der Waals surface area (Å²) in [7, 11) is 0. The van der Waals surface area contributed by atoms with E-state index in [1.165, 1.54) is 0 Å². The van der Waals surface area contributed by atoms with Gasteiger partial charge in [0, 0.05) is 12.8 Å². The van der Waals surface area contributed by atoms with Gasteiger partial charge in [0.25, 0.3) is 0 Å². The van der Waals surface area contributed by atoms with Crippen LogP contribution in [0.1, 0.15) is 122 Å². The van der Waals surface area contributed by atoms with E-state index in [0.29, 0.717) is 30.5 Å². The van der Waals surface area contributed by atoms with Gasteiger partial charge in [0.15, 0.2) is 23.8 Å². The molecule has 1 aliphatic heterocycles. The minimum absolute atomic E-state index is 0.110. The average Bonchev–Trinajstić information content (AvgIpc) is 3.19. The van der Waals surface area contributed by atoms with Crippen molar-refractivity contribution < 1.29 is 28.7 Å². The first-order valence-corrected chi connectivity index (χ1v) is 21.7.